The molecule has 27 heteroatoms. The Bertz CT molecular complexity index is 3420. The highest BCUT2D eigenvalue weighted by atomic mass is 32.2. The first-order valence-electron chi connectivity index (χ1n) is 41.4. The molecule has 1 aromatic carbocycles. The molecule has 0 saturated carbocycles. The second-order valence-corrected chi connectivity index (χ2v) is 34.7. The van der Waals surface area contributed by atoms with E-state index in [1.54, 1.807) is 42.4 Å². The van der Waals surface area contributed by atoms with E-state index in [4.69, 9.17) is 4.42 Å². The normalized spacial score (nSPS) is 18.3. The molecule has 25 nitrogen and oxygen atoms in total. The third-order valence-electron chi connectivity index (χ3n) is 22.7. The van der Waals surface area contributed by atoms with Gasteiger partial charge in [0.25, 0.3) is 0 Å². The molecule has 8 saturated heterocycles. The van der Waals surface area contributed by atoms with Gasteiger partial charge in [-0.2, -0.15) is 0 Å². The molecule has 5 amide bonds. The molecule has 8 fully saturated rings. The lowest BCUT2D eigenvalue weighted by Crippen LogP contribution is -2.41. The lowest BCUT2D eigenvalue weighted by atomic mass is 9.93. The molecule has 119 heavy (non-hydrogen) atoms. The number of likely N-dealkylation sites (tertiary alicyclic amines) is 8. The zero-order valence-electron chi connectivity index (χ0n) is 68.8. The number of hydrogen-bond donors (Lipinski definition) is 6. The lowest BCUT2D eigenvalue weighted by Gasteiger charge is -2.30. The molecule has 5 aromatic rings. The van der Waals surface area contributed by atoms with Gasteiger partial charge < -0.3 is 70.2 Å². The highest BCUT2D eigenvalue weighted by Crippen LogP contribution is 2.24. The average molecular weight is 1700 g/mol. The van der Waals surface area contributed by atoms with Gasteiger partial charge in [-0.3, -0.25) is 38.7 Å². The Hall–Kier alpha value is -7.05. The predicted molar refractivity (Wildman–Crippen MR) is 496 cm³/mol. The number of amides is 5. The summed E-state index contributed by atoms with van der Waals surface area (Å²) in [5.41, 5.74) is 3.34. The Labute approximate surface area is 725 Å². The Morgan fingerprint density at radius 2 is 0.815 bits per heavy atom. The van der Waals surface area contributed by atoms with Crippen LogP contribution in [0.15, 0.2) is 120 Å². The summed E-state index contributed by atoms with van der Waals surface area (Å²) in [7, 11) is 11.5. The summed E-state index contributed by atoms with van der Waals surface area (Å²) in [4.78, 5) is 98.0. The number of piperidine rings is 7. The minimum Gasteiger partial charge on any atom is -0.469 e. The number of furan rings is 1. The topological polar surface area (TPSA) is 274 Å². The molecule has 8 aliphatic heterocycles. The Balaban J connectivity index is 0.00000136. The monoisotopic (exact) mass is 1700 g/mol. The van der Waals surface area contributed by atoms with Crippen molar-refractivity contribution in [2.45, 2.75) is 193 Å². The van der Waals surface area contributed by atoms with Crippen molar-refractivity contribution >= 4 is 62.4 Å². The zero-order chi connectivity index (χ0) is 80.3. The summed E-state index contributed by atoms with van der Waals surface area (Å²) in [5, 5.41) is 16.8. The van der Waals surface area contributed by atoms with Crippen LogP contribution in [0.1, 0.15) is 183 Å². The molecule has 0 atom stereocenters. The number of nitrogens with one attached hydrogen (secondary N) is 6. The van der Waals surface area contributed by atoms with E-state index in [0.29, 0.717) is 43.8 Å². The molecule has 0 bridgehead atoms. The van der Waals surface area contributed by atoms with E-state index in [9.17, 15) is 37.2 Å². The molecule has 12 heterocycles. The van der Waals surface area contributed by atoms with E-state index < -0.39 is 10.0 Å². The molecular weight excluding hydrogens is 1540 g/mol. The number of pyridine rings is 2. The number of carbonyl (C=O) groups is 6. The molecule has 0 radical (unpaired) electrons. The van der Waals surface area contributed by atoms with Crippen LogP contribution < -0.4 is 31.3 Å². The lowest BCUT2D eigenvalue weighted by molar-refractivity contribution is -0.136. The minimum absolute atomic E-state index is 0. The summed E-state index contributed by atoms with van der Waals surface area (Å²) in [6.07, 6.45) is 26.2. The van der Waals surface area contributed by atoms with Crippen molar-refractivity contribution in [1.82, 2.24) is 75.2 Å². The Kier molecular flexibility index (Phi) is 59.2. The molecule has 8 aliphatic rings. The van der Waals surface area contributed by atoms with Crippen LogP contribution >= 0.6 is 11.3 Å². The Morgan fingerprint density at radius 3 is 1.23 bits per heavy atom. The van der Waals surface area contributed by atoms with Crippen LogP contribution in [0.2, 0.25) is 0 Å². The number of sulfonamides is 1. The van der Waals surface area contributed by atoms with Crippen molar-refractivity contribution in [3.8, 4) is 0 Å². The molecular formula is C92H164N16O9S2. The zero-order valence-corrected chi connectivity index (χ0v) is 70.4. The third-order valence-corrected chi connectivity index (χ3v) is 25.4. The van der Waals surface area contributed by atoms with E-state index in [1.807, 2.05) is 86.1 Å². The van der Waals surface area contributed by atoms with Crippen molar-refractivity contribution in [2.24, 2.45) is 35.5 Å². The third kappa shape index (κ3) is 44.0. The number of thiophene rings is 1. The van der Waals surface area contributed by atoms with Crippen LogP contribution in [-0.4, -0.2) is 278 Å². The van der Waals surface area contributed by atoms with Crippen LogP contribution in [-0.2, 0) is 64.7 Å². The first-order chi connectivity index (χ1) is 54.1. The standard InChI is InChI=1S/C15H22N2O.2C13H19N3O.C13H20N2O2.C11H18N2O2S2.C11H20N2O.C9H18N2O.7CH4/c1-17-11-8-14(9-12-17)15(18)16-10-7-13-5-3-2-4-6-13;1-16-8-4-11(5-9-16)13(17)10-15-12-2-6-14-7-3-12;1-16-8-4-12(5-9-16)13(17)15-10-11-2-6-14-7-3-11;1-15-8-5-11(6-9-15)13(16)14-7-4-12-3-2-10-17-12;1-13-6-4-11(5-7-13)17(14,15)12-9-10-3-2-8-16-10;1-12-8-4-10(5-9-12)11(14)13-6-2-3-7-13;1-3-10-9(12)8-4-6-11(2)7-5-8;;;;;;;/h2-6,14H,7-12H2,1H3,(H,16,18);2-3,6-7,11H,4-5,8-10H2,1H3,(H,14,15);2-3,6-7,12H,4-5,8-10H2,1H3,(H,15,17);2-3,10-11H,4-9H2,1H3,(H,14,16);2-3,8,11-12H,4-7,9H2,1H3;10H,2-9H2,1H3;8H,3-7H2,1-2H3,(H,10,12);7*1H4. The van der Waals surface area contributed by atoms with Gasteiger partial charge in [0.15, 0.2) is 5.78 Å². The molecule has 678 valence electrons. The molecule has 6 N–H and O–H groups in total. The van der Waals surface area contributed by atoms with E-state index in [1.165, 1.54) is 18.4 Å². The van der Waals surface area contributed by atoms with Crippen LogP contribution in [0.5, 0.6) is 0 Å². The van der Waals surface area contributed by atoms with E-state index >= 15 is 0 Å². The van der Waals surface area contributed by atoms with E-state index in [2.05, 4.69) is 135 Å². The van der Waals surface area contributed by atoms with Crippen molar-refractivity contribution < 1.29 is 41.6 Å². The SMILES string of the molecule is C.C.C.C.C.C.C.CCNC(=O)C1CCN(C)CC1.CN1CCC(C(=O)CNc2ccncc2)CC1.CN1CCC(C(=O)N2CCCC2)CC1.CN1CCC(C(=O)NCCc2ccccc2)CC1.CN1CCC(C(=O)NCCc2ccco2)CC1.CN1CCC(C(=O)NCc2ccncc2)CC1.CN1CCC(S(=O)(=O)NCc2cccs2)CC1. The van der Waals surface area contributed by atoms with Crippen molar-refractivity contribution in [1.29, 1.82) is 0 Å². The first-order valence-corrected chi connectivity index (χ1v) is 43.9. The summed E-state index contributed by atoms with van der Waals surface area (Å²) >= 11 is 1.58. The second-order valence-electron chi connectivity index (χ2n) is 31.6. The summed E-state index contributed by atoms with van der Waals surface area (Å²) in [6, 6.07) is 25.6. The van der Waals surface area contributed by atoms with Gasteiger partial charge in [-0.05, 0) is 316 Å². The van der Waals surface area contributed by atoms with Gasteiger partial charge >= 0.3 is 0 Å². The average Bonchev–Trinajstić information content (AvgIpc) is 1.62. The number of rotatable bonds is 22. The van der Waals surface area contributed by atoms with Gasteiger partial charge in [0, 0.05) is 123 Å². The van der Waals surface area contributed by atoms with Gasteiger partial charge in [0.1, 0.15) is 5.76 Å². The maximum absolute atomic E-state index is 12.1. The van der Waals surface area contributed by atoms with Gasteiger partial charge in [0.2, 0.25) is 39.6 Å². The fraction of sp³-hybridized carbons (Fsp3) is 0.674. The maximum Gasteiger partial charge on any atom is 0.225 e. The van der Waals surface area contributed by atoms with E-state index in [-0.39, 0.29) is 110 Å². The molecule has 13 rings (SSSR count). The number of nitrogens with zero attached hydrogens (tertiary/aromatic N) is 10. The molecule has 4 aromatic heterocycles. The highest BCUT2D eigenvalue weighted by molar-refractivity contribution is 7.90. The van der Waals surface area contributed by atoms with Crippen LogP contribution in [0.3, 0.4) is 0 Å². The summed E-state index contributed by atoms with van der Waals surface area (Å²) in [6.45, 7) is 21.9. The number of hydrogen-bond acceptors (Lipinski definition) is 20. The number of benzene rings is 1. The number of ketones is 1. The molecule has 0 unspecified atom stereocenters. The molecule has 0 aliphatic carbocycles. The highest BCUT2D eigenvalue weighted by Gasteiger charge is 2.32. The fourth-order valence-corrected chi connectivity index (χ4v) is 17.0. The van der Waals surface area contributed by atoms with Crippen molar-refractivity contribution in [3.63, 3.8) is 0 Å². The predicted octanol–water partition coefficient (Wildman–Crippen LogP) is 12.5. The second kappa shape index (κ2) is 63.0. The number of aromatic nitrogens is 2. The van der Waals surface area contributed by atoms with Crippen LogP contribution in [0.25, 0.3) is 0 Å². The van der Waals surface area contributed by atoms with Crippen molar-refractivity contribution in [3.05, 3.63) is 137 Å². The van der Waals surface area contributed by atoms with Gasteiger partial charge in [0.05, 0.1) is 18.1 Å². The van der Waals surface area contributed by atoms with Crippen LogP contribution in [0.4, 0.5) is 5.69 Å². The van der Waals surface area contributed by atoms with Gasteiger partial charge in [-0.25, -0.2) is 13.1 Å². The van der Waals surface area contributed by atoms with Gasteiger partial charge in [-0.15, -0.1) is 11.3 Å². The minimum atomic E-state index is -3.15. The molecule has 0 spiro atoms. The summed E-state index contributed by atoms with van der Waals surface area (Å²) in [5.74, 6) is 3.97. The first kappa shape index (κ1) is 112. The maximum atomic E-state index is 12.1. The Morgan fingerprint density at radius 1 is 0.420 bits per heavy atom. The quantitative estimate of drug-likeness (QED) is 0.0376. The summed E-state index contributed by atoms with van der Waals surface area (Å²) < 4.78 is 32.1. The number of Topliss-reactive ketones (excluding diaryl/α,β-unsaturated/α-hetero) is 1. The van der Waals surface area contributed by atoms with Crippen LogP contribution in [0, 0.1) is 35.5 Å². The number of anilines is 1. The largest absolute Gasteiger partial charge is 0.469 e. The fourth-order valence-electron chi connectivity index (χ4n) is 14.8. The number of carbonyl (C=O) groups excluding carboxylic acids is 6. The van der Waals surface area contributed by atoms with E-state index in [0.717, 1.165) is 242 Å². The smallest absolute Gasteiger partial charge is 0.225 e. The van der Waals surface area contributed by atoms with Crippen molar-refractivity contribution in [2.75, 3.05) is 186 Å². The van der Waals surface area contributed by atoms with Gasteiger partial charge in [-0.1, -0.05) is 88.4 Å².